The highest BCUT2D eigenvalue weighted by Gasteiger charge is 1.98. The van der Waals surface area contributed by atoms with Crippen molar-refractivity contribution in [2.75, 3.05) is 0 Å². The summed E-state index contributed by atoms with van der Waals surface area (Å²) in [5.41, 5.74) is 2.55. The van der Waals surface area contributed by atoms with E-state index in [-0.39, 0.29) is 0 Å². The van der Waals surface area contributed by atoms with Gasteiger partial charge in [-0.05, 0) is 20.3 Å². The largest absolute Gasteiger partial charge is 0.246 e. The molecule has 1 nitrogen and oxygen atoms in total. The lowest BCUT2D eigenvalue weighted by atomic mass is 10.1. The molecule has 2 heteroatoms. The molecule has 0 aliphatic rings. The molecule has 0 radical (unpaired) electrons. The van der Waals surface area contributed by atoms with Crippen LogP contribution >= 0.6 is 11.3 Å². The maximum atomic E-state index is 4.41. The van der Waals surface area contributed by atoms with Crippen LogP contribution in [0.1, 0.15) is 24.0 Å². The molecule has 0 unspecified atom stereocenters. The van der Waals surface area contributed by atoms with Gasteiger partial charge in [0.15, 0.2) is 0 Å². The topological polar surface area (TPSA) is 12.9 Å². The molecular weight excluding hydrogens is 178 g/mol. The Morgan fingerprint density at radius 3 is 3.00 bits per heavy atom. The Kier molecular flexibility index (Phi) is 3.90. The molecular formula is C11H15NS. The molecule has 0 aliphatic carbocycles. The van der Waals surface area contributed by atoms with Gasteiger partial charge in [-0.2, -0.15) is 0 Å². The molecule has 0 saturated heterocycles. The van der Waals surface area contributed by atoms with Crippen molar-refractivity contribution in [3.05, 3.63) is 40.4 Å². The smallest absolute Gasteiger partial charge is 0.0897 e. The number of aromatic nitrogens is 1. The Labute approximate surface area is 83.8 Å². The zero-order valence-corrected chi connectivity index (χ0v) is 9.03. The van der Waals surface area contributed by atoms with Crippen LogP contribution in [0.3, 0.4) is 0 Å². The predicted molar refractivity (Wildman–Crippen MR) is 59.1 cm³/mol. The molecule has 70 valence electrons. The van der Waals surface area contributed by atoms with Crippen molar-refractivity contribution in [2.45, 2.75) is 26.7 Å². The van der Waals surface area contributed by atoms with Gasteiger partial charge in [0.1, 0.15) is 0 Å². The van der Waals surface area contributed by atoms with Crippen LogP contribution in [0.2, 0.25) is 0 Å². The van der Waals surface area contributed by atoms with Crippen molar-refractivity contribution >= 4 is 11.3 Å². The maximum absolute atomic E-state index is 4.41. The quantitative estimate of drug-likeness (QED) is 0.667. The van der Waals surface area contributed by atoms with Crippen LogP contribution in [0.5, 0.6) is 0 Å². The van der Waals surface area contributed by atoms with E-state index in [1.807, 2.05) is 13.0 Å². The monoisotopic (exact) mass is 193 g/mol. The van der Waals surface area contributed by atoms with Gasteiger partial charge in [-0.1, -0.05) is 17.7 Å². The number of thiazole rings is 1. The second kappa shape index (κ2) is 4.97. The van der Waals surface area contributed by atoms with Crippen LogP contribution in [0.4, 0.5) is 0 Å². The highest BCUT2D eigenvalue weighted by molar-refractivity contribution is 7.09. The first-order valence-corrected chi connectivity index (χ1v) is 5.28. The number of rotatable bonds is 4. The summed E-state index contributed by atoms with van der Waals surface area (Å²) >= 11 is 1.71. The third-order valence-corrected chi connectivity index (χ3v) is 2.58. The van der Waals surface area contributed by atoms with Crippen LogP contribution in [0, 0.1) is 6.92 Å². The van der Waals surface area contributed by atoms with Gasteiger partial charge >= 0.3 is 0 Å². The van der Waals surface area contributed by atoms with E-state index in [9.17, 15) is 0 Å². The fraction of sp³-hybridized carbons (Fsp3) is 0.364. The molecule has 0 fully saturated rings. The number of hydrogen-bond acceptors (Lipinski definition) is 2. The van der Waals surface area contributed by atoms with Gasteiger partial charge in [0.2, 0.25) is 0 Å². The fourth-order valence-corrected chi connectivity index (χ4v) is 1.74. The predicted octanol–water partition coefficient (Wildman–Crippen LogP) is 3.52. The van der Waals surface area contributed by atoms with Gasteiger partial charge in [-0.25, -0.2) is 4.98 Å². The molecule has 0 aromatic carbocycles. The Bertz CT molecular complexity index is 310. The molecule has 0 atom stereocenters. The third-order valence-electron chi connectivity index (χ3n) is 1.76. The molecule has 1 heterocycles. The van der Waals surface area contributed by atoms with E-state index < -0.39 is 0 Å². The van der Waals surface area contributed by atoms with Crippen LogP contribution in [-0.4, -0.2) is 4.98 Å². The summed E-state index contributed by atoms with van der Waals surface area (Å²) in [6.07, 6.45) is 6.03. The molecule has 0 N–H and O–H groups in total. The summed E-state index contributed by atoms with van der Waals surface area (Å²) < 4.78 is 0. The fourth-order valence-electron chi connectivity index (χ4n) is 1.13. The molecule has 0 aliphatic heterocycles. The molecule has 1 rings (SSSR count). The van der Waals surface area contributed by atoms with Crippen LogP contribution in [0.25, 0.3) is 0 Å². The minimum absolute atomic E-state index is 0.953. The van der Waals surface area contributed by atoms with Crippen molar-refractivity contribution in [2.24, 2.45) is 0 Å². The Hall–Kier alpha value is -0.890. The van der Waals surface area contributed by atoms with E-state index in [0.29, 0.717) is 0 Å². The van der Waals surface area contributed by atoms with Gasteiger partial charge < -0.3 is 0 Å². The van der Waals surface area contributed by atoms with Gasteiger partial charge in [0, 0.05) is 11.8 Å². The van der Waals surface area contributed by atoms with Crippen molar-refractivity contribution in [1.82, 2.24) is 4.98 Å². The Morgan fingerprint density at radius 2 is 2.46 bits per heavy atom. The molecule has 1 aromatic heterocycles. The average Bonchev–Trinajstić information content (AvgIpc) is 2.48. The van der Waals surface area contributed by atoms with Crippen LogP contribution in [0.15, 0.2) is 29.7 Å². The van der Waals surface area contributed by atoms with E-state index in [4.69, 9.17) is 0 Å². The van der Waals surface area contributed by atoms with E-state index in [1.54, 1.807) is 11.3 Å². The normalized spacial score (nSPS) is 11.7. The Morgan fingerprint density at radius 1 is 1.69 bits per heavy atom. The van der Waals surface area contributed by atoms with Crippen molar-refractivity contribution in [1.29, 1.82) is 0 Å². The van der Waals surface area contributed by atoms with Gasteiger partial charge in [-0.15, -0.1) is 17.9 Å². The van der Waals surface area contributed by atoms with Crippen LogP contribution in [-0.2, 0) is 6.42 Å². The minimum atomic E-state index is 0.953. The van der Waals surface area contributed by atoms with E-state index in [1.165, 1.54) is 11.3 Å². The lowest BCUT2D eigenvalue weighted by Gasteiger charge is -1.95. The SMILES string of the molecule is C=CC/C=C(\C)Cc1csc(C)n1. The van der Waals surface area contributed by atoms with E-state index in [2.05, 4.69) is 29.9 Å². The second-order valence-electron chi connectivity index (χ2n) is 3.11. The van der Waals surface area contributed by atoms with Gasteiger partial charge in [0.05, 0.1) is 10.7 Å². The summed E-state index contributed by atoms with van der Waals surface area (Å²) in [6.45, 7) is 7.86. The number of allylic oxidation sites excluding steroid dienone is 3. The first kappa shape index (κ1) is 10.2. The first-order chi connectivity index (χ1) is 6.22. The molecule has 0 spiro atoms. The van der Waals surface area contributed by atoms with Crippen LogP contribution < -0.4 is 0 Å². The Balaban J connectivity index is 2.53. The van der Waals surface area contributed by atoms with Crippen molar-refractivity contribution in [3.63, 3.8) is 0 Å². The van der Waals surface area contributed by atoms with Gasteiger partial charge in [-0.3, -0.25) is 0 Å². The number of hydrogen-bond donors (Lipinski definition) is 0. The lowest BCUT2D eigenvalue weighted by Crippen LogP contribution is -1.86. The van der Waals surface area contributed by atoms with Crippen molar-refractivity contribution < 1.29 is 0 Å². The standard InChI is InChI=1S/C11H15NS/c1-4-5-6-9(2)7-11-8-13-10(3)12-11/h4,6,8H,1,5,7H2,2-3H3/b9-6+. The first-order valence-electron chi connectivity index (χ1n) is 4.40. The minimum Gasteiger partial charge on any atom is -0.246 e. The number of nitrogens with zero attached hydrogens (tertiary/aromatic N) is 1. The van der Waals surface area contributed by atoms with Crippen molar-refractivity contribution in [3.8, 4) is 0 Å². The maximum Gasteiger partial charge on any atom is 0.0897 e. The summed E-state index contributed by atoms with van der Waals surface area (Å²) in [5.74, 6) is 0. The molecule has 13 heavy (non-hydrogen) atoms. The zero-order chi connectivity index (χ0) is 9.68. The second-order valence-corrected chi connectivity index (χ2v) is 4.17. The summed E-state index contributed by atoms with van der Waals surface area (Å²) in [7, 11) is 0. The van der Waals surface area contributed by atoms with Gasteiger partial charge in [0.25, 0.3) is 0 Å². The molecule has 0 saturated carbocycles. The summed E-state index contributed by atoms with van der Waals surface area (Å²) in [5, 5.41) is 3.27. The summed E-state index contributed by atoms with van der Waals surface area (Å²) in [4.78, 5) is 4.41. The van der Waals surface area contributed by atoms with E-state index >= 15 is 0 Å². The third kappa shape index (κ3) is 3.55. The average molecular weight is 193 g/mol. The highest BCUT2D eigenvalue weighted by atomic mass is 32.1. The molecule has 1 aromatic rings. The highest BCUT2D eigenvalue weighted by Crippen LogP contribution is 2.12. The van der Waals surface area contributed by atoms with E-state index in [0.717, 1.165) is 17.8 Å². The lowest BCUT2D eigenvalue weighted by molar-refractivity contribution is 1.04. The zero-order valence-electron chi connectivity index (χ0n) is 8.21. The molecule has 0 bridgehead atoms. The molecule has 0 amide bonds. The summed E-state index contributed by atoms with van der Waals surface area (Å²) in [6, 6.07) is 0. The number of aryl methyl sites for hydroxylation is 1.